The molecule has 0 aliphatic carbocycles. The van der Waals surface area contributed by atoms with Crippen molar-refractivity contribution in [3.8, 4) is 0 Å². The maximum Gasteiger partial charge on any atom is 0.241 e. The minimum Gasteiger partial charge on any atom is -0.294 e. The van der Waals surface area contributed by atoms with Gasteiger partial charge in [0.15, 0.2) is 0 Å². The van der Waals surface area contributed by atoms with E-state index in [0.29, 0.717) is 5.02 Å². The summed E-state index contributed by atoms with van der Waals surface area (Å²) in [5.41, 5.74) is 4.28. The third-order valence-corrected chi connectivity index (χ3v) is 4.34. The van der Waals surface area contributed by atoms with Crippen molar-refractivity contribution in [2.45, 2.75) is 23.6 Å². The summed E-state index contributed by atoms with van der Waals surface area (Å²) in [7, 11) is 0. The van der Waals surface area contributed by atoms with E-state index in [1.807, 2.05) is 43.3 Å². The Bertz CT molecular complexity index is 601. The summed E-state index contributed by atoms with van der Waals surface area (Å²) in [6.45, 7) is 1.82. The molecule has 0 aliphatic heterocycles. The normalized spacial score (nSPS) is 12.0. The molecule has 0 saturated carbocycles. The Morgan fingerprint density at radius 3 is 2.62 bits per heavy atom. The van der Waals surface area contributed by atoms with Crippen molar-refractivity contribution in [3.05, 3.63) is 58.7 Å². The fourth-order valence-electron chi connectivity index (χ4n) is 1.78. The van der Waals surface area contributed by atoms with Crippen molar-refractivity contribution in [1.82, 2.24) is 10.4 Å². The molecule has 2 rings (SSSR count). The lowest BCUT2D eigenvalue weighted by Crippen LogP contribution is -2.33. The van der Waals surface area contributed by atoms with Crippen LogP contribution in [0.25, 0.3) is 0 Å². The molecule has 110 valence electrons. The zero-order valence-corrected chi connectivity index (χ0v) is 13.1. The highest BCUT2D eigenvalue weighted by molar-refractivity contribution is 7.98. The van der Waals surface area contributed by atoms with Gasteiger partial charge in [-0.25, -0.2) is 10.8 Å². The molecule has 0 fully saturated rings. The van der Waals surface area contributed by atoms with E-state index < -0.39 is 0 Å². The number of benzene rings is 1. The molecule has 6 heteroatoms. The number of rotatable bonds is 5. The number of carbonyl (C=O) groups is 1. The number of hydrazine groups is 1. The lowest BCUT2D eigenvalue weighted by Gasteiger charge is -2.10. The molecule has 0 spiro atoms. The topological polar surface area (TPSA) is 68.0 Å². The summed E-state index contributed by atoms with van der Waals surface area (Å²) in [5.74, 6) is 5.51. The van der Waals surface area contributed by atoms with Gasteiger partial charge in [0.1, 0.15) is 0 Å². The molecule has 0 saturated heterocycles. The third kappa shape index (κ3) is 4.46. The smallest absolute Gasteiger partial charge is 0.241 e. The summed E-state index contributed by atoms with van der Waals surface area (Å²) in [4.78, 5) is 15.7. The molecule has 1 unspecified atom stereocenters. The molecule has 1 amide bonds. The SMILES string of the molecule is CC(C(=O)NN)c1ccc(CSc2ccc(Cl)cn2)cc1. The molecule has 1 atom stereocenters. The second kappa shape index (κ2) is 7.45. The molecule has 4 nitrogen and oxygen atoms in total. The first kappa shape index (κ1) is 15.8. The summed E-state index contributed by atoms with van der Waals surface area (Å²) < 4.78 is 0. The van der Waals surface area contributed by atoms with E-state index in [1.54, 1.807) is 18.0 Å². The fourth-order valence-corrected chi connectivity index (χ4v) is 2.69. The van der Waals surface area contributed by atoms with Gasteiger partial charge in [0.05, 0.1) is 16.0 Å². The number of nitrogens with zero attached hydrogens (tertiary/aromatic N) is 1. The van der Waals surface area contributed by atoms with Crippen molar-refractivity contribution in [2.75, 3.05) is 0 Å². The van der Waals surface area contributed by atoms with Crippen LogP contribution in [-0.4, -0.2) is 10.9 Å². The third-order valence-electron chi connectivity index (χ3n) is 3.10. The Labute approximate surface area is 133 Å². The lowest BCUT2D eigenvalue weighted by atomic mass is 10.00. The predicted octanol–water partition coefficient (Wildman–Crippen LogP) is 3.12. The summed E-state index contributed by atoms with van der Waals surface area (Å²) in [6, 6.07) is 11.6. The fraction of sp³-hybridized carbons (Fsp3) is 0.200. The zero-order valence-electron chi connectivity index (χ0n) is 11.5. The minimum atomic E-state index is -0.255. The first-order valence-electron chi connectivity index (χ1n) is 6.44. The van der Waals surface area contributed by atoms with E-state index in [-0.39, 0.29) is 11.8 Å². The second-order valence-corrected chi connectivity index (χ2v) is 6.01. The van der Waals surface area contributed by atoms with Crippen LogP contribution in [0.1, 0.15) is 24.0 Å². The van der Waals surface area contributed by atoms with Gasteiger partial charge >= 0.3 is 0 Å². The average molecular weight is 322 g/mol. The van der Waals surface area contributed by atoms with Crippen molar-refractivity contribution in [2.24, 2.45) is 5.84 Å². The quantitative estimate of drug-likeness (QED) is 0.384. The van der Waals surface area contributed by atoms with Crippen molar-refractivity contribution in [1.29, 1.82) is 0 Å². The highest BCUT2D eigenvalue weighted by Gasteiger charge is 2.13. The van der Waals surface area contributed by atoms with E-state index >= 15 is 0 Å². The minimum absolute atomic E-state index is 0.192. The van der Waals surface area contributed by atoms with Gasteiger partial charge in [-0.15, -0.1) is 11.8 Å². The van der Waals surface area contributed by atoms with Crippen LogP contribution in [0.2, 0.25) is 5.02 Å². The number of nitrogens with one attached hydrogen (secondary N) is 1. The van der Waals surface area contributed by atoms with Crippen LogP contribution in [0.15, 0.2) is 47.6 Å². The number of nitrogens with two attached hydrogens (primary N) is 1. The highest BCUT2D eigenvalue weighted by atomic mass is 35.5. The molecule has 0 aliphatic rings. The van der Waals surface area contributed by atoms with Crippen LogP contribution in [-0.2, 0) is 10.5 Å². The molecule has 0 bridgehead atoms. The molecule has 1 aromatic carbocycles. The van der Waals surface area contributed by atoms with Gasteiger partial charge in [0.2, 0.25) is 5.91 Å². The number of carbonyl (C=O) groups excluding carboxylic acids is 1. The van der Waals surface area contributed by atoms with Crippen LogP contribution < -0.4 is 11.3 Å². The molecule has 3 N–H and O–H groups in total. The molecular formula is C15H16ClN3OS. The van der Waals surface area contributed by atoms with Gasteiger partial charge < -0.3 is 0 Å². The monoisotopic (exact) mass is 321 g/mol. The van der Waals surface area contributed by atoms with Gasteiger partial charge in [0, 0.05) is 11.9 Å². The number of pyridine rings is 1. The summed E-state index contributed by atoms with van der Waals surface area (Å²) in [5, 5.41) is 1.57. The molecule has 1 heterocycles. The van der Waals surface area contributed by atoms with E-state index in [2.05, 4.69) is 10.4 Å². The number of hydrogen-bond acceptors (Lipinski definition) is 4. The number of halogens is 1. The van der Waals surface area contributed by atoms with Crippen molar-refractivity contribution < 1.29 is 4.79 Å². The molecule has 1 aromatic heterocycles. The molecule has 2 aromatic rings. The van der Waals surface area contributed by atoms with Crippen LogP contribution in [0, 0.1) is 0 Å². The van der Waals surface area contributed by atoms with E-state index in [4.69, 9.17) is 17.4 Å². The van der Waals surface area contributed by atoms with Crippen molar-refractivity contribution in [3.63, 3.8) is 0 Å². The Morgan fingerprint density at radius 2 is 2.05 bits per heavy atom. The molecular weight excluding hydrogens is 306 g/mol. The van der Waals surface area contributed by atoms with Gasteiger partial charge in [-0.3, -0.25) is 10.2 Å². The van der Waals surface area contributed by atoms with Gasteiger partial charge in [0.25, 0.3) is 0 Å². The number of aromatic nitrogens is 1. The van der Waals surface area contributed by atoms with Crippen LogP contribution in [0.5, 0.6) is 0 Å². The number of amides is 1. The van der Waals surface area contributed by atoms with Gasteiger partial charge in [-0.05, 0) is 30.2 Å². The van der Waals surface area contributed by atoms with Crippen LogP contribution in [0.3, 0.4) is 0 Å². The van der Waals surface area contributed by atoms with Crippen molar-refractivity contribution >= 4 is 29.3 Å². The summed E-state index contributed by atoms with van der Waals surface area (Å²) in [6.07, 6.45) is 1.64. The van der Waals surface area contributed by atoms with Gasteiger partial charge in [-0.1, -0.05) is 35.9 Å². The van der Waals surface area contributed by atoms with Gasteiger partial charge in [-0.2, -0.15) is 0 Å². The summed E-state index contributed by atoms with van der Waals surface area (Å²) >= 11 is 7.44. The standard InChI is InChI=1S/C15H16ClN3OS/c1-10(15(20)19-17)12-4-2-11(3-5-12)9-21-14-7-6-13(16)8-18-14/h2-8,10H,9,17H2,1H3,(H,19,20). The second-order valence-electron chi connectivity index (χ2n) is 4.58. The molecule has 21 heavy (non-hydrogen) atoms. The Balaban J connectivity index is 1.96. The van der Waals surface area contributed by atoms with Crippen LogP contribution in [0.4, 0.5) is 0 Å². The van der Waals surface area contributed by atoms with E-state index in [1.165, 1.54) is 5.56 Å². The average Bonchev–Trinajstić information content (AvgIpc) is 2.53. The first-order valence-corrected chi connectivity index (χ1v) is 7.80. The van der Waals surface area contributed by atoms with Crippen LogP contribution >= 0.6 is 23.4 Å². The first-order chi connectivity index (χ1) is 10.1. The maximum atomic E-state index is 11.5. The zero-order chi connectivity index (χ0) is 15.2. The number of thioether (sulfide) groups is 1. The number of hydrogen-bond donors (Lipinski definition) is 2. The maximum absolute atomic E-state index is 11.5. The lowest BCUT2D eigenvalue weighted by molar-refractivity contribution is -0.122. The molecule has 0 radical (unpaired) electrons. The van der Waals surface area contributed by atoms with E-state index in [0.717, 1.165) is 16.3 Å². The largest absolute Gasteiger partial charge is 0.294 e. The van der Waals surface area contributed by atoms with E-state index in [9.17, 15) is 4.79 Å². The Morgan fingerprint density at radius 1 is 1.33 bits per heavy atom. The Kier molecular flexibility index (Phi) is 5.61. The highest BCUT2D eigenvalue weighted by Crippen LogP contribution is 2.23. The predicted molar refractivity (Wildman–Crippen MR) is 86.0 cm³/mol. The Hall–Kier alpha value is -1.56.